The summed E-state index contributed by atoms with van der Waals surface area (Å²) in [5.74, 6) is 0.455. The van der Waals surface area contributed by atoms with Gasteiger partial charge in [-0.2, -0.15) is 5.10 Å². The molecule has 6 nitrogen and oxygen atoms in total. The zero-order chi connectivity index (χ0) is 17.0. The molecule has 9 heteroatoms. The average Bonchev–Trinajstić information content (AvgIpc) is 3.20. The molecule has 2 aromatic heterocycles. The summed E-state index contributed by atoms with van der Waals surface area (Å²) in [5, 5.41) is 4.09. The van der Waals surface area contributed by atoms with Crippen molar-refractivity contribution in [2.75, 3.05) is 11.3 Å². The van der Waals surface area contributed by atoms with Gasteiger partial charge in [0.25, 0.3) is 10.0 Å². The molecule has 0 fully saturated rings. The third-order valence-corrected chi connectivity index (χ3v) is 6.17. The average molecular weight is 384 g/mol. The maximum absolute atomic E-state index is 12.4. The lowest BCUT2D eigenvalue weighted by Gasteiger charge is -2.13. The molecule has 0 aliphatic heterocycles. The summed E-state index contributed by atoms with van der Waals surface area (Å²) >= 11 is 6.81. The molecule has 0 saturated heterocycles. The van der Waals surface area contributed by atoms with Crippen LogP contribution in [0.3, 0.4) is 0 Å². The summed E-state index contributed by atoms with van der Waals surface area (Å²) in [6.45, 7) is 0.930. The Kier molecular flexibility index (Phi) is 5.08. The van der Waals surface area contributed by atoms with Crippen LogP contribution in [-0.4, -0.2) is 24.8 Å². The van der Waals surface area contributed by atoms with E-state index in [1.54, 1.807) is 41.2 Å². The number of anilines is 1. The summed E-state index contributed by atoms with van der Waals surface area (Å²) in [7, 11) is -3.70. The number of thiophene rings is 1. The van der Waals surface area contributed by atoms with E-state index in [9.17, 15) is 8.42 Å². The van der Waals surface area contributed by atoms with Crippen LogP contribution in [0.5, 0.6) is 5.75 Å². The monoisotopic (exact) mass is 383 g/mol. The van der Waals surface area contributed by atoms with E-state index in [2.05, 4.69) is 9.82 Å². The van der Waals surface area contributed by atoms with Crippen molar-refractivity contribution in [3.8, 4) is 5.75 Å². The number of aromatic nitrogens is 2. The highest BCUT2D eigenvalue weighted by Crippen LogP contribution is 2.30. The van der Waals surface area contributed by atoms with Gasteiger partial charge < -0.3 is 4.74 Å². The fraction of sp³-hybridized carbons (Fsp3) is 0.133. The third-order valence-electron chi connectivity index (χ3n) is 3.08. The van der Waals surface area contributed by atoms with Gasteiger partial charge in [0.1, 0.15) is 16.6 Å². The zero-order valence-electron chi connectivity index (χ0n) is 12.4. The number of nitrogens with zero attached hydrogens (tertiary/aromatic N) is 2. The highest BCUT2D eigenvalue weighted by molar-refractivity contribution is 7.94. The minimum atomic E-state index is -3.70. The van der Waals surface area contributed by atoms with Gasteiger partial charge in [-0.3, -0.25) is 9.40 Å². The van der Waals surface area contributed by atoms with E-state index in [4.69, 9.17) is 16.3 Å². The lowest BCUT2D eigenvalue weighted by molar-refractivity contribution is 0.292. The van der Waals surface area contributed by atoms with Gasteiger partial charge in [-0.05, 0) is 30.3 Å². The van der Waals surface area contributed by atoms with Gasteiger partial charge in [0.2, 0.25) is 0 Å². The van der Waals surface area contributed by atoms with E-state index in [0.717, 1.165) is 11.3 Å². The van der Waals surface area contributed by atoms with E-state index in [0.29, 0.717) is 28.9 Å². The summed E-state index contributed by atoms with van der Waals surface area (Å²) in [6, 6.07) is 11.7. The second-order valence-corrected chi connectivity index (χ2v) is 8.40. The van der Waals surface area contributed by atoms with Crippen LogP contribution in [0.15, 0.2) is 59.1 Å². The normalized spacial score (nSPS) is 11.4. The minimum absolute atomic E-state index is 0.152. The smallest absolute Gasteiger partial charge is 0.271 e. The van der Waals surface area contributed by atoms with Gasteiger partial charge in [0, 0.05) is 12.4 Å². The van der Waals surface area contributed by atoms with Gasteiger partial charge in [0.15, 0.2) is 0 Å². The zero-order valence-corrected chi connectivity index (χ0v) is 14.8. The summed E-state index contributed by atoms with van der Waals surface area (Å²) in [5.41, 5.74) is 0.377. The lowest BCUT2D eigenvalue weighted by Crippen LogP contribution is -2.14. The molecule has 0 aliphatic rings. The highest BCUT2D eigenvalue weighted by atomic mass is 35.5. The summed E-state index contributed by atoms with van der Waals surface area (Å²) < 4.78 is 35.3. The molecular weight excluding hydrogens is 370 g/mol. The first-order chi connectivity index (χ1) is 11.5. The second-order valence-electron chi connectivity index (χ2n) is 4.78. The SMILES string of the molecule is O=S(=O)(Nc1ccccc1OCCn1cccn1)c1ccc(Cl)s1. The maximum Gasteiger partial charge on any atom is 0.271 e. The molecule has 1 N–H and O–H groups in total. The van der Waals surface area contributed by atoms with Crippen LogP contribution in [0.2, 0.25) is 4.34 Å². The van der Waals surface area contributed by atoms with Crippen LogP contribution in [0, 0.1) is 0 Å². The molecule has 3 rings (SSSR count). The first-order valence-electron chi connectivity index (χ1n) is 7.02. The van der Waals surface area contributed by atoms with Crippen LogP contribution >= 0.6 is 22.9 Å². The number of rotatable bonds is 7. The fourth-order valence-electron chi connectivity index (χ4n) is 2.00. The molecule has 126 valence electrons. The molecule has 0 saturated carbocycles. The van der Waals surface area contributed by atoms with Crippen molar-refractivity contribution >= 4 is 38.6 Å². The van der Waals surface area contributed by atoms with Gasteiger partial charge in [-0.1, -0.05) is 23.7 Å². The predicted octanol–water partition coefficient (Wildman–Crippen LogP) is 3.48. The summed E-state index contributed by atoms with van der Waals surface area (Å²) in [4.78, 5) is 0. The van der Waals surface area contributed by atoms with Crippen molar-refractivity contribution in [2.24, 2.45) is 0 Å². The van der Waals surface area contributed by atoms with Crippen molar-refractivity contribution in [1.29, 1.82) is 0 Å². The van der Waals surface area contributed by atoms with E-state index in [1.807, 2.05) is 12.3 Å². The van der Waals surface area contributed by atoms with E-state index in [-0.39, 0.29) is 4.21 Å². The number of halogens is 1. The molecule has 24 heavy (non-hydrogen) atoms. The quantitative estimate of drug-likeness (QED) is 0.677. The standard InChI is InChI=1S/C15H14ClN3O3S2/c16-14-6-7-15(23-14)24(20,21)18-12-4-1-2-5-13(12)22-11-10-19-9-3-8-17-19/h1-9,18H,10-11H2. The molecular formula is C15H14ClN3O3S2. The first-order valence-corrected chi connectivity index (χ1v) is 9.70. The Hall–Kier alpha value is -2.03. The van der Waals surface area contributed by atoms with Crippen molar-refractivity contribution < 1.29 is 13.2 Å². The van der Waals surface area contributed by atoms with Gasteiger partial charge >= 0.3 is 0 Å². The molecule has 1 aromatic carbocycles. The van der Waals surface area contributed by atoms with E-state index < -0.39 is 10.0 Å². The fourth-order valence-corrected chi connectivity index (χ4v) is 4.55. The Morgan fingerprint density at radius 3 is 2.75 bits per heavy atom. The molecule has 0 spiro atoms. The van der Waals surface area contributed by atoms with E-state index in [1.165, 1.54) is 6.07 Å². The Balaban J connectivity index is 1.71. The van der Waals surface area contributed by atoms with Crippen molar-refractivity contribution in [1.82, 2.24) is 9.78 Å². The van der Waals surface area contributed by atoms with Crippen LogP contribution in [0.25, 0.3) is 0 Å². The third kappa shape index (κ3) is 4.08. The van der Waals surface area contributed by atoms with Crippen molar-refractivity contribution in [3.05, 3.63) is 59.2 Å². The number of nitrogens with one attached hydrogen (secondary N) is 1. The largest absolute Gasteiger partial charge is 0.489 e. The van der Waals surface area contributed by atoms with Gasteiger partial charge in [-0.25, -0.2) is 8.42 Å². The van der Waals surface area contributed by atoms with Crippen molar-refractivity contribution in [3.63, 3.8) is 0 Å². The molecule has 0 amide bonds. The molecule has 0 aliphatic carbocycles. The lowest BCUT2D eigenvalue weighted by atomic mass is 10.3. The minimum Gasteiger partial charge on any atom is -0.489 e. The van der Waals surface area contributed by atoms with Crippen LogP contribution in [-0.2, 0) is 16.6 Å². The molecule has 3 aromatic rings. The number of hydrogen-bond donors (Lipinski definition) is 1. The predicted molar refractivity (Wildman–Crippen MR) is 94.3 cm³/mol. The second kappa shape index (κ2) is 7.25. The molecule has 0 unspecified atom stereocenters. The Labute approximate surface area is 148 Å². The number of hydrogen-bond acceptors (Lipinski definition) is 5. The van der Waals surface area contributed by atoms with Crippen LogP contribution < -0.4 is 9.46 Å². The van der Waals surface area contributed by atoms with E-state index >= 15 is 0 Å². The molecule has 2 heterocycles. The Bertz CT molecular complexity index is 908. The molecule has 0 atom stereocenters. The summed E-state index contributed by atoms with van der Waals surface area (Å²) in [6.07, 6.45) is 3.52. The van der Waals surface area contributed by atoms with Gasteiger partial charge in [-0.15, -0.1) is 11.3 Å². The number of benzene rings is 1. The number of ether oxygens (including phenoxy) is 1. The number of sulfonamides is 1. The maximum atomic E-state index is 12.4. The number of para-hydroxylation sites is 2. The van der Waals surface area contributed by atoms with Crippen LogP contribution in [0.4, 0.5) is 5.69 Å². The highest BCUT2D eigenvalue weighted by Gasteiger charge is 2.18. The Morgan fingerprint density at radius 1 is 1.21 bits per heavy atom. The Morgan fingerprint density at radius 2 is 2.04 bits per heavy atom. The first kappa shape index (κ1) is 16.8. The van der Waals surface area contributed by atoms with Crippen molar-refractivity contribution in [2.45, 2.75) is 10.8 Å². The molecule has 0 radical (unpaired) electrons. The molecule has 0 bridgehead atoms. The van der Waals surface area contributed by atoms with Gasteiger partial charge in [0.05, 0.1) is 16.6 Å². The van der Waals surface area contributed by atoms with Crippen LogP contribution in [0.1, 0.15) is 0 Å². The topological polar surface area (TPSA) is 73.2 Å².